The summed E-state index contributed by atoms with van der Waals surface area (Å²) in [4.78, 5) is 9.72. The first kappa shape index (κ1) is 30.5. The van der Waals surface area contributed by atoms with E-state index in [-0.39, 0.29) is 17.7 Å². The Bertz CT molecular complexity index is 2060. The van der Waals surface area contributed by atoms with E-state index in [1.807, 2.05) is 12.1 Å². The van der Waals surface area contributed by atoms with E-state index in [9.17, 15) is 4.39 Å². The van der Waals surface area contributed by atoms with Gasteiger partial charge in [0.1, 0.15) is 11.6 Å². The molecule has 1 aliphatic rings. The van der Waals surface area contributed by atoms with E-state index in [1.165, 1.54) is 33.6 Å². The van der Waals surface area contributed by atoms with Crippen molar-refractivity contribution in [3.63, 3.8) is 0 Å². The zero-order valence-corrected chi connectivity index (χ0v) is 27.8. The predicted molar refractivity (Wildman–Crippen MR) is 194 cm³/mol. The Morgan fingerprint density at radius 3 is 2.04 bits per heavy atom. The second-order valence-corrected chi connectivity index (χ2v) is 13.3. The molecule has 0 atom stereocenters. The molecule has 0 bridgehead atoms. The lowest BCUT2D eigenvalue weighted by Crippen LogP contribution is -2.21. The van der Waals surface area contributed by atoms with Crippen LogP contribution in [-0.2, 0) is 6.42 Å². The van der Waals surface area contributed by atoms with Gasteiger partial charge in [-0.05, 0) is 106 Å². The molecule has 1 aromatic heterocycles. The van der Waals surface area contributed by atoms with Gasteiger partial charge in [0.05, 0.1) is 23.4 Å². The number of hydrogen-bond acceptors (Lipinski definition) is 3. The average molecular weight is 621 g/mol. The highest BCUT2D eigenvalue weighted by atomic mass is 19.1. The fraction of sp³-hybridized carbons (Fsp3) is 0.214. The van der Waals surface area contributed by atoms with Gasteiger partial charge in [-0.2, -0.15) is 0 Å². The van der Waals surface area contributed by atoms with Gasteiger partial charge in [0, 0.05) is 30.7 Å². The molecule has 0 amide bonds. The SMILES string of the molecule is CC(C)c1cc(-c2ccc(F)cc2)cc(C(C)C)c1-n1c(-c2cccc(Cc3cccc(N4C=CN(C)C4)c3)c2)nc2ccccc21. The molecule has 0 saturated carbocycles. The standard InChI is InChI=1S/C42H41FN4/c1-28(2)37-25-34(32-16-18-35(43)19-17-32)26-38(29(3)4)41(37)47-40-15-7-6-14-39(40)44-42(47)33-12-8-10-30(23-33)22-31-11-9-13-36(24-31)46-21-20-45(5)27-46/h6-21,23-26,28-29H,22,27H2,1-5H3. The molecule has 6 aromatic rings. The molecule has 47 heavy (non-hydrogen) atoms. The summed E-state index contributed by atoms with van der Waals surface area (Å²) in [6.45, 7) is 9.86. The van der Waals surface area contributed by atoms with E-state index in [0.717, 1.165) is 46.6 Å². The number of aromatic nitrogens is 2. The van der Waals surface area contributed by atoms with Gasteiger partial charge in [-0.1, -0.05) is 82.3 Å². The van der Waals surface area contributed by atoms with Gasteiger partial charge >= 0.3 is 0 Å². The van der Waals surface area contributed by atoms with Crippen molar-refractivity contribution < 1.29 is 4.39 Å². The van der Waals surface area contributed by atoms with Gasteiger partial charge in [0.2, 0.25) is 0 Å². The van der Waals surface area contributed by atoms with Crippen LogP contribution in [0.4, 0.5) is 10.1 Å². The first-order valence-electron chi connectivity index (χ1n) is 16.5. The lowest BCUT2D eigenvalue weighted by molar-refractivity contribution is 0.495. The summed E-state index contributed by atoms with van der Waals surface area (Å²) in [6.07, 6.45) is 5.07. The second-order valence-electron chi connectivity index (χ2n) is 13.3. The summed E-state index contributed by atoms with van der Waals surface area (Å²) < 4.78 is 16.2. The van der Waals surface area contributed by atoms with Crippen LogP contribution in [-0.4, -0.2) is 28.2 Å². The molecule has 0 radical (unpaired) electrons. The number of rotatable bonds is 8. The van der Waals surface area contributed by atoms with Crippen LogP contribution in [0.25, 0.3) is 39.2 Å². The van der Waals surface area contributed by atoms with Gasteiger partial charge < -0.3 is 9.80 Å². The maximum atomic E-state index is 13.9. The predicted octanol–water partition coefficient (Wildman–Crippen LogP) is 10.5. The van der Waals surface area contributed by atoms with Crippen molar-refractivity contribution >= 4 is 16.7 Å². The van der Waals surface area contributed by atoms with Gasteiger partial charge in [-0.15, -0.1) is 0 Å². The largest absolute Gasteiger partial charge is 0.361 e. The molecular weight excluding hydrogens is 579 g/mol. The topological polar surface area (TPSA) is 24.3 Å². The lowest BCUT2D eigenvalue weighted by atomic mass is 9.88. The Hall–Kier alpha value is -5.16. The van der Waals surface area contributed by atoms with Gasteiger partial charge in [-0.25, -0.2) is 9.37 Å². The third-order valence-corrected chi connectivity index (χ3v) is 9.09. The minimum absolute atomic E-state index is 0.223. The van der Waals surface area contributed by atoms with Crippen LogP contribution in [0.2, 0.25) is 0 Å². The van der Waals surface area contributed by atoms with Gasteiger partial charge in [0.25, 0.3) is 0 Å². The fourth-order valence-corrected chi connectivity index (χ4v) is 6.67. The number of hydrogen-bond donors (Lipinski definition) is 0. The normalized spacial score (nSPS) is 13.1. The number of anilines is 1. The van der Waals surface area contributed by atoms with E-state index in [0.29, 0.717) is 0 Å². The monoisotopic (exact) mass is 620 g/mol. The van der Waals surface area contributed by atoms with Crippen molar-refractivity contribution in [3.8, 4) is 28.2 Å². The zero-order valence-electron chi connectivity index (χ0n) is 27.8. The number of imidazole rings is 1. The maximum Gasteiger partial charge on any atom is 0.145 e. The molecule has 5 heteroatoms. The number of halogens is 1. The number of benzene rings is 5. The molecule has 7 rings (SSSR count). The van der Waals surface area contributed by atoms with Crippen LogP contribution < -0.4 is 4.90 Å². The Morgan fingerprint density at radius 2 is 1.36 bits per heavy atom. The Balaban J connectivity index is 1.36. The smallest absolute Gasteiger partial charge is 0.145 e. The Kier molecular flexibility index (Phi) is 8.15. The molecule has 1 aliphatic heterocycles. The molecule has 4 nitrogen and oxygen atoms in total. The third-order valence-electron chi connectivity index (χ3n) is 9.09. The number of nitrogens with zero attached hydrogens (tertiary/aromatic N) is 4. The molecule has 0 aliphatic carbocycles. The summed E-state index contributed by atoms with van der Waals surface area (Å²) >= 11 is 0. The minimum Gasteiger partial charge on any atom is -0.361 e. The molecule has 236 valence electrons. The van der Waals surface area contributed by atoms with E-state index >= 15 is 0 Å². The van der Waals surface area contributed by atoms with Crippen molar-refractivity contribution in [3.05, 3.63) is 150 Å². The Morgan fingerprint density at radius 1 is 0.681 bits per heavy atom. The van der Waals surface area contributed by atoms with Crippen molar-refractivity contribution in [2.45, 2.75) is 46.0 Å². The number of para-hydroxylation sites is 2. The van der Waals surface area contributed by atoms with Crippen LogP contribution in [0, 0.1) is 5.82 Å². The first-order chi connectivity index (χ1) is 22.7. The third kappa shape index (κ3) is 6.06. The zero-order chi connectivity index (χ0) is 32.7. The number of fused-ring (bicyclic) bond motifs is 1. The summed E-state index contributed by atoms with van der Waals surface area (Å²) in [7, 11) is 2.09. The second kappa shape index (κ2) is 12.6. The van der Waals surface area contributed by atoms with Crippen molar-refractivity contribution in [1.82, 2.24) is 14.5 Å². The van der Waals surface area contributed by atoms with Crippen LogP contribution in [0.3, 0.4) is 0 Å². The van der Waals surface area contributed by atoms with E-state index in [4.69, 9.17) is 4.98 Å². The molecule has 0 spiro atoms. The molecule has 0 unspecified atom stereocenters. The summed E-state index contributed by atoms with van der Waals surface area (Å²) in [6, 6.07) is 37.5. The van der Waals surface area contributed by atoms with E-state index in [1.54, 1.807) is 12.1 Å². The molecule has 5 aromatic carbocycles. The Labute approximate surface area is 277 Å². The van der Waals surface area contributed by atoms with Crippen molar-refractivity contribution in [2.75, 3.05) is 18.6 Å². The van der Waals surface area contributed by atoms with E-state index < -0.39 is 0 Å². The fourth-order valence-electron chi connectivity index (χ4n) is 6.67. The average Bonchev–Trinajstić information content (AvgIpc) is 3.68. The molecule has 2 heterocycles. The van der Waals surface area contributed by atoms with Crippen LogP contribution in [0.1, 0.15) is 61.8 Å². The van der Waals surface area contributed by atoms with Gasteiger partial charge in [-0.3, -0.25) is 4.57 Å². The van der Waals surface area contributed by atoms with Crippen molar-refractivity contribution in [1.29, 1.82) is 0 Å². The van der Waals surface area contributed by atoms with Crippen LogP contribution in [0.5, 0.6) is 0 Å². The van der Waals surface area contributed by atoms with Crippen LogP contribution in [0.15, 0.2) is 122 Å². The quantitative estimate of drug-likeness (QED) is 0.169. The molecular formula is C42H41FN4. The highest BCUT2D eigenvalue weighted by Crippen LogP contribution is 2.40. The minimum atomic E-state index is -0.223. The lowest BCUT2D eigenvalue weighted by Gasteiger charge is -2.24. The summed E-state index contributed by atoms with van der Waals surface area (Å²) in [5.41, 5.74) is 12.7. The molecule has 0 N–H and O–H groups in total. The molecule has 0 fully saturated rings. The van der Waals surface area contributed by atoms with E-state index in [2.05, 4.69) is 146 Å². The van der Waals surface area contributed by atoms with Gasteiger partial charge in [0.15, 0.2) is 0 Å². The molecule has 0 saturated heterocycles. The van der Waals surface area contributed by atoms with Crippen molar-refractivity contribution in [2.24, 2.45) is 0 Å². The highest BCUT2D eigenvalue weighted by Gasteiger charge is 2.23. The first-order valence-corrected chi connectivity index (χ1v) is 16.5. The summed E-state index contributed by atoms with van der Waals surface area (Å²) in [5.74, 6) is 1.21. The van der Waals surface area contributed by atoms with Crippen LogP contribution >= 0.6 is 0 Å². The maximum absolute atomic E-state index is 13.9. The highest BCUT2D eigenvalue weighted by molar-refractivity contribution is 5.85. The summed E-state index contributed by atoms with van der Waals surface area (Å²) in [5, 5.41) is 0.